The van der Waals surface area contributed by atoms with Gasteiger partial charge in [-0.1, -0.05) is 5.16 Å². The number of nitrogens with zero attached hydrogens (tertiary/aromatic N) is 2. The minimum Gasteiger partial charge on any atom is -0.367 e. The molecule has 1 aromatic heterocycles. The van der Waals surface area contributed by atoms with E-state index in [4.69, 9.17) is 9.26 Å². The highest BCUT2D eigenvalue weighted by Crippen LogP contribution is 2.39. The van der Waals surface area contributed by atoms with Gasteiger partial charge in [-0.3, -0.25) is 0 Å². The van der Waals surface area contributed by atoms with Crippen molar-refractivity contribution >= 4 is 12.4 Å². The number of nitrogens with one attached hydrogen (secondary N) is 1. The maximum absolute atomic E-state index is 5.53. The molecular weight excluding hydrogens is 218 g/mol. The molecule has 3 rings (SSSR count). The molecule has 1 N–H and O–H groups in total. The molecule has 1 saturated carbocycles. The fourth-order valence-corrected chi connectivity index (χ4v) is 1.61. The van der Waals surface area contributed by atoms with Crippen molar-refractivity contribution in [1.29, 1.82) is 0 Å². The first kappa shape index (κ1) is 10.9. The van der Waals surface area contributed by atoms with Crippen LogP contribution in [0.3, 0.4) is 0 Å². The maximum atomic E-state index is 5.53. The normalized spacial score (nSPS) is 26.0. The molecule has 1 aliphatic heterocycles. The monoisotopic (exact) mass is 231 g/mol. The number of hydrogen-bond acceptors (Lipinski definition) is 5. The lowest BCUT2D eigenvalue weighted by molar-refractivity contribution is 0.0208. The molecule has 0 amide bonds. The highest BCUT2D eigenvalue weighted by Gasteiger charge is 2.31. The molecule has 15 heavy (non-hydrogen) atoms. The zero-order valence-electron chi connectivity index (χ0n) is 8.31. The first-order chi connectivity index (χ1) is 6.93. The van der Waals surface area contributed by atoms with Gasteiger partial charge >= 0.3 is 0 Å². The van der Waals surface area contributed by atoms with Gasteiger partial charge in [-0.05, 0) is 12.8 Å². The second-order valence-corrected chi connectivity index (χ2v) is 3.83. The Labute approximate surface area is 94.0 Å². The molecule has 6 heteroatoms. The number of rotatable bonds is 2. The third-order valence-electron chi connectivity index (χ3n) is 2.60. The minimum absolute atomic E-state index is 0. The van der Waals surface area contributed by atoms with E-state index in [2.05, 4.69) is 15.5 Å². The van der Waals surface area contributed by atoms with Gasteiger partial charge in [0.15, 0.2) is 0 Å². The Bertz CT molecular complexity index is 321. The second kappa shape index (κ2) is 4.47. The first-order valence-electron chi connectivity index (χ1n) is 5.09. The number of halogens is 1. The van der Waals surface area contributed by atoms with Gasteiger partial charge in [-0.15, -0.1) is 12.4 Å². The van der Waals surface area contributed by atoms with Crippen LogP contribution in [-0.2, 0) is 4.74 Å². The summed E-state index contributed by atoms with van der Waals surface area (Å²) in [6.45, 7) is 2.41. The van der Waals surface area contributed by atoms with Crippen molar-refractivity contribution in [2.75, 3.05) is 19.7 Å². The lowest BCUT2D eigenvalue weighted by Crippen LogP contribution is -2.33. The molecule has 1 atom stereocenters. The van der Waals surface area contributed by atoms with Gasteiger partial charge in [0.05, 0.1) is 6.61 Å². The van der Waals surface area contributed by atoms with E-state index in [1.54, 1.807) is 0 Å². The Morgan fingerprint density at radius 2 is 2.20 bits per heavy atom. The van der Waals surface area contributed by atoms with Gasteiger partial charge in [-0.25, -0.2) is 0 Å². The third kappa shape index (κ3) is 2.30. The van der Waals surface area contributed by atoms with Crippen molar-refractivity contribution in [3.63, 3.8) is 0 Å². The van der Waals surface area contributed by atoms with E-state index < -0.39 is 0 Å². The van der Waals surface area contributed by atoms with E-state index in [1.165, 1.54) is 12.8 Å². The van der Waals surface area contributed by atoms with Crippen molar-refractivity contribution in [3.8, 4) is 0 Å². The van der Waals surface area contributed by atoms with Crippen LogP contribution in [-0.4, -0.2) is 29.8 Å². The van der Waals surface area contributed by atoms with E-state index in [0.29, 0.717) is 11.7 Å². The van der Waals surface area contributed by atoms with E-state index in [9.17, 15) is 0 Å². The largest absolute Gasteiger partial charge is 0.367 e. The zero-order valence-corrected chi connectivity index (χ0v) is 9.13. The predicted octanol–water partition coefficient (Wildman–Crippen LogP) is 1.03. The molecule has 84 valence electrons. The molecule has 0 aromatic carbocycles. The maximum Gasteiger partial charge on any atom is 0.229 e. The van der Waals surface area contributed by atoms with Crippen LogP contribution in [0.25, 0.3) is 0 Å². The van der Waals surface area contributed by atoms with E-state index in [-0.39, 0.29) is 18.5 Å². The summed E-state index contributed by atoms with van der Waals surface area (Å²) in [4.78, 5) is 4.35. The SMILES string of the molecule is C1COC(c2noc(C3CC3)n2)CN1.Cl. The Morgan fingerprint density at radius 3 is 2.87 bits per heavy atom. The van der Waals surface area contributed by atoms with Gasteiger partial charge in [-0.2, -0.15) is 4.98 Å². The van der Waals surface area contributed by atoms with Crippen LogP contribution < -0.4 is 5.32 Å². The third-order valence-corrected chi connectivity index (χ3v) is 2.60. The molecule has 1 unspecified atom stereocenters. The molecule has 0 radical (unpaired) electrons. The van der Waals surface area contributed by atoms with Crippen LogP contribution in [0.5, 0.6) is 0 Å². The van der Waals surface area contributed by atoms with Gasteiger partial charge in [0.1, 0.15) is 6.10 Å². The van der Waals surface area contributed by atoms with E-state index in [0.717, 1.165) is 25.6 Å². The summed E-state index contributed by atoms with van der Waals surface area (Å²) in [5, 5.41) is 7.19. The van der Waals surface area contributed by atoms with Crippen LogP contribution in [0.1, 0.15) is 36.6 Å². The molecule has 1 saturated heterocycles. The van der Waals surface area contributed by atoms with Gasteiger partial charge in [0, 0.05) is 19.0 Å². The molecule has 2 fully saturated rings. The number of morpholine rings is 1. The first-order valence-corrected chi connectivity index (χ1v) is 5.09. The van der Waals surface area contributed by atoms with Crippen molar-refractivity contribution in [1.82, 2.24) is 15.5 Å². The standard InChI is InChI=1S/C9H13N3O2.ClH/c1-2-6(1)9-11-8(12-14-9)7-5-10-3-4-13-7;/h6-7,10H,1-5H2;1H. The quantitative estimate of drug-likeness (QED) is 0.824. The van der Waals surface area contributed by atoms with Crippen LogP contribution in [0.2, 0.25) is 0 Å². The molecule has 1 aliphatic carbocycles. The molecular formula is C9H14ClN3O2. The highest BCUT2D eigenvalue weighted by atomic mass is 35.5. The van der Waals surface area contributed by atoms with Crippen LogP contribution in [0.15, 0.2) is 4.52 Å². The van der Waals surface area contributed by atoms with E-state index >= 15 is 0 Å². The average molecular weight is 232 g/mol. The van der Waals surface area contributed by atoms with Crippen molar-refractivity contribution in [2.24, 2.45) is 0 Å². The van der Waals surface area contributed by atoms with Crippen molar-refractivity contribution in [3.05, 3.63) is 11.7 Å². The lowest BCUT2D eigenvalue weighted by Gasteiger charge is -2.20. The molecule has 2 aliphatic rings. The summed E-state index contributed by atoms with van der Waals surface area (Å²) in [7, 11) is 0. The molecule has 0 bridgehead atoms. The van der Waals surface area contributed by atoms with Gasteiger partial charge < -0.3 is 14.6 Å². The molecule has 2 heterocycles. The Balaban J connectivity index is 0.000000853. The predicted molar refractivity (Wildman–Crippen MR) is 55.1 cm³/mol. The molecule has 1 aromatic rings. The molecule has 0 spiro atoms. The fourth-order valence-electron chi connectivity index (χ4n) is 1.61. The summed E-state index contributed by atoms with van der Waals surface area (Å²) >= 11 is 0. The topological polar surface area (TPSA) is 60.2 Å². The summed E-state index contributed by atoms with van der Waals surface area (Å²) in [5.74, 6) is 2.00. The number of ether oxygens (including phenoxy) is 1. The van der Waals surface area contributed by atoms with Crippen LogP contribution in [0.4, 0.5) is 0 Å². The Morgan fingerprint density at radius 1 is 1.33 bits per heavy atom. The summed E-state index contributed by atoms with van der Waals surface area (Å²) in [6.07, 6.45) is 2.34. The smallest absolute Gasteiger partial charge is 0.229 e. The highest BCUT2D eigenvalue weighted by molar-refractivity contribution is 5.85. The Hall–Kier alpha value is -0.650. The number of aromatic nitrogens is 2. The van der Waals surface area contributed by atoms with Gasteiger partial charge in [0.25, 0.3) is 0 Å². The summed E-state index contributed by atoms with van der Waals surface area (Å²) in [6, 6.07) is 0. The fraction of sp³-hybridized carbons (Fsp3) is 0.778. The average Bonchev–Trinajstić information content (AvgIpc) is 2.98. The van der Waals surface area contributed by atoms with Crippen molar-refractivity contribution in [2.45, 2.75) is 24.9 Å². The van der Waals surface area contributed by atoms with Crippen LogP contribution >= 0.6 is 12.4 Å². The molecule has 5 nitrogen and oxygen atoms in total. The zero-order chi connectivity index (χ0) is 9.38. The van der Waals surface area contributed by atoms with Crippen molar-refractivity contribution < 1.29 is 9.26 Å². The van der Waals surface area contributed by atoms with Gasteiger partial charge in [0.2, 0.25) is 11.7 Å². The second-order valence-electron chi connectivity index (χ2n) is 3.83. The Kier molecular flexibility index (Phi) is 3.23. The van der Waals surface area contributed by atoms with Crippen LogP contribution in [0, 0.1) is 0 Å². The summed E-state index contributed by atoms with van der Waals surface area (Å²) < 4.78 is 10.7. The number of hydrogen-bond donors (Lipinski definition) is 1. The van der Waals surface area contributed by atoms with E-state index in [1.807, 2.05) is 0 Å². The summed E-state index contributed by atoms with van der Waals surface area (Å²) in [5.41, 5.74) is 0. The lowest BCUT2D eigenvalue weighted by atomic mass is 10.3. The minimum atomic E-state index is -0.0278.